The van der Waals surface area contributed by atoms with Crippen molar-refractivity contribution in [3.05, 3.63) is 58.9 Å². The van der Waals surface area contributed by atoms with Crippen LogP contribution in [0.1, 0.15) is 24.7 Å². The van der Waals surface area contributed by atoms with Crippen LogP contribution in [0.25, 0.3) is 11.0 Å². The van der Waals surface area contributed by atoms with Crippen LogP contribution < -0.4 is 4.74 Å². The molecule has 0 fully saturated rings. The lowest BCUT2D eigenvalue weighted by Gasteiger charge is -2.16. The van der Waals surface area contributed by atoms with Crippen molar-refractivity contribution in [3.63, 3.8) is 0 Å². The number of benzene rings is 2. The summed E-state index contributed by atoms with van der Waals surface area (Å²) in [5, 5.41) is 11.2. The van der Waals surface area contributed by atoms with Crippen molar-refractivity contribution < 1.29 is 9.84 Å². The molecule has 3 aromatic rings. The SMILES string of the molecule is CCCc1nc2ccccc2n1C[C@H](O)COc1ccc(Cl)c(C)c1. The highest BCUT2D eigenvalue weighted by atomic mass is 35.5. The van der Waals surface area contributed by atoms with Crippen LogP contribution in [0.15, 0.2) is 42.5 Å². The van der Waals surface area contributed by atoms with E-state index in [0.717, 1.165) is 35.3 Å². The number of hydrogen-bond acceptors (Lipinski definition) is 3. The predicted octanol–water partition coefficient (Wildman–Crippen LogP) is 4.39. The van der Waals surface area contributed by atoms with Crippen LogP contribution >= 0.6 is 11.6 Å². The van der Waals surface area contributed by atoms with Gasteiger partial charge in [0.1, 0.15) is 24.3 Å². The molecule has 0 aliphatic heterocycles. The molecule has 0 bridgehead atoms. The van der Waals surface area contributed by atoms with Gasteiger partial charge in [-0.1, -0.05) is 30.7 Å². The van der Waals surface area contributed by atoms with Crippen LogP contribution in [0.2, 0.25) is 5.02 Å². The first kappa shape index (κ1) is 17.8. The molecule has 0 saturated heterocycles. The van der Waals surface area contributed by atoms with Crippen LogP contribution in [0.5, 0.6) is 5.75 Å². The highest BCUT2D eigenvalue weighted by Gasteiger charge is 2.14. The number of hydrogen-bond donors (Lipinski definition) is 1. The molecular formula is C20H23ClN2O2. The van der Waals surface area contributed by atoms with E-state index in [2.05, 4.69) is 11.5 Å². The van der Waals surface area contributed by atoms with Gasteiger partial charge in [0.2, 0.25) is 0 Å². The van der Waals surface area contributed by atoms with Gasteiger partial charge in [0.05, 0.1) is 17.6 Å². The molecule has 0 spiro atoms. The Kier molecular flexibility index (Phi) is 5.61. The predicted molar refractivity (Wildman–Crippen MR) is 101 cm³/mol. The minimum absolute atomic E-state index is 0.221. The Morgan fingerprint density at radius 1 is 1.24 bits per heavy atom. The number of aryl methyl sites for hydroxylation is 2. The van der Waals surface area contributed by atoms with Crippen LogP contribution in [0.3, 0.4) is 0 Å². The van der Waals surface area contributed by atoms with Crippen molar-refractivity contribution >= 4 is 22.6 Å². The number of imidazole rings is 1. The lowest BCUT2D eigenvalue weighted by atomic mass is 10.2. The molecule has 5 heteroatoms. The molecule has 25 heavy (non-hydrogen) atoms. The summed E-state index contributed by atoms with van der Waals surface area (Å²) in [5.74, 6) is 1.72. The van der Waals surface area contributed by atoms with Gasteiger partial charge in [0.15, 0.2) is 0 Å². The minimum atomic E-state index is -0.621. The lowest BCUT2D eigenvalue weighted by Crippen LogP contribution is -2.24. The highest BCUT2D eigenvalue weighted by molar-refractivity contribution is 6.31. The van der Waals surface area contributed by atoms with E-state index in [0.29, 0.717) is 17.3 Å². The zero-order valence-corrected chi connectivity index (χ0v) is 15.3. The second kappa shape index (κ2) is 7.89. The number of aliphatic hydroxyl groups excluding tert-OH is 1. The first-order valence-electron chi connectivity index (χ1n) is 8.59. The Hall–Kier alpha value is -2.04. The number of nitrogens with zero attached hydrogens (tertiary/aromatic N) is 2. The second-order valence-corrected chi connectivity index (χ2v) is 6.66. The molecule has 0 aliphatic carbocycles. The monoisotopic (exact) mass is 358 g/mol. The molecule has 4 nitrogen and oxygen atoms in total. The van der Waals surface area contributed by atoms with Crippen LogP contribution in [-0.2, 0) is 13.0 Å². The fourth-order valence-corrected chi connectivity index (χ4v) is 3.02. The number of aromatic nitrogens is 2. The van der Waals surface area contributed by atoms with Crippen molar-refractivity contribution in [1.29, 1.82) is 0 Å². The van der Waals surface area contributed by atoms with E-state index in [4.69, 9.17) is 21.3 Å². The summed E-state index contributed by atoms with van der Waals surface area (Å²) in [6.07, 6.45) is 1.28. The fourth-order valence-electron chi connectivity index (χ4n) is 2.91. The molecule has 1 N–H and O–H groups in total. The molecule has 0 radical (unpaired) electrons. The van der Waals surface area contributed by atoms with Crippen molar-refractivity contribution in [1.82, 2.24) is 9.55 Å². The normalized spacial score (nSPS) is 12.5. The summed E-state index contributed by atoms with van der Waals surface area (Å²) in [5.41, 5.74) is 2.97. The Labute approximate surface area is 153 Å². The summed E-state index contributed by atoms with van der Waals surface area (Å²) in [4.78, 5) is 4.69. The van der Waals surface area contributed by atoms with Crippen molar-refractivity contribution in [3.8, 4) is 5.75 Å². The van der Waals surface area contributed by atoms with Gasteiger partial charge in [0.25, 0.3) is 0 Å². The molecule has 3 rings (SSSR count). The summed E-state index contributed by atoms with van der Waals surface area (Å²) in [6.45, 7) is 4.74. The average molecular weight is 359 g/mol. The van der Waals surface area contributed by atoms with Gasteiger partial charge in [-0.05, 0) is 49.2 Å². The minimum Gasteiger partial charge on any atom is -0.491 e. The van der Waals surface area contributed by atoms with E-state index < -0.39 is 6.10 Å². The van der Waals surface area contributed by atoms with E-state index >= 15 is 0 Å². The standard InChI is InChI=1S/C20H23ClN2O2/c1-3-6-20-22-18-7-4-5-8-19(18)23(20)12-15(24)13-25-16-9-10-17(21)14(2)11-16/h4-5,7-11,15,24H,3,6,12-13H2,1-2H3/t15-/m0/s1. The van der Waals surface area contributed by atoms with Gasteiger partial charge < -0.3 is 14.4 Å². The van der Waals surface area contributed by atoms with Crippen molar-refractivity contribution in [2.75, 3.05) is 6.61 Å². The average Bonchev–Trinajstić information content (AvgIpc) is 2.94. The number of fused-ring (bicyclic) bond motifs is 1. The third kappa shape index (κ3) is 4.14. The quantitative estimate of drug-likeness (QED) is 0.681. The van der Waals surface area contributed by atoms with Gasteiger partial charge in [0, 0.05) is 11.4 Å². The summed E-state index contributed by atoms with van der Waals surface area (Å²) < 4.78 is 7.82. The number of ether oxygens (including phenoxy) is 1. The molecule has 0 aliphatic rings. The maximum Gasteiger partial charge on any atom is 0.119 e. The van der Waals surface area contributed by atoms with Crippen molar-refractivity contribution in [2.45, 2.75) is 39.3 Å². The first-order chi connectivity index (χ1) is 12.1. The van der Waals surface area contributed by atoms with Crippen molar-refractivity contribution in [2.24, 2.45) is 0 Å². The van der Waals surface area contributed by atoms with E-state index in [-0.39, 0.29) is 6.61 Å². The smallest absolute Gasteiger partial charge is 0.119 e. The van der Waals surface area contributed by atoms with Crippen LogP contribution in [-0.4, -0.2) is 27.4 Å². The zero-order valence-electron chi connectivity index (χ0n) is 14.6. The molecular weight excluding hydrogens is 336 g/mol. The largest absolute Gasteiger partial charge is 0.491 e. The molecule has 0 saturated carbocycles. The topological polar surface area (TPSA) is 47.3 Å². The van der Waals surface area contributed by atoms with Crippen LogP contribution in [0.4, 0.5) is 0 Å². The third-order valence-corrected chi connectivity index (χ3v) is 4.60. The molecule has 132 valence electrons. The van der Waals surface area contributed by atoms with Gasteiger partial charge in [-0.25, -0.2) is 4.98 Å². The number of halogens is 1. The number of rotatable bonds is 7. The first-order valence-corrected chi connectivity index (χ1v) is 8.97. The molecule has 2 aromatic carbocycles. The maximum atomic E-state index is 10.5. The highest BCUT2D eigenvalue weighted by Crippen LogP contribution is 2.22. The zero-order chi connectivity index (χ0) is 17.8. The fraction of sp³-hybridized carbons (Fsp3) is 0.350. The Morgan fingerprint density at radius 3 is 2.80 bits per heavy atom. The molecule has 1 atom stereocenters. The van der Waals surface area contributed by atoms with E-state index in [1.807, 2.05) is 43.3 Å². The second-order valence-electron chi connectivity index (χ2n) is 6.25. The maximum absolute atomic E-state index is 10.5. The summed E-state index contributed by atoms with van der Waals surface area (Å²) in [7, 11) is 0. The third-order valence-electron chi connectivity index (χ3n) is 4.17. The van der Waals surface area contributed by atoms with E-state index in [1.54, 1.807) is 6.07 Å². The molecule has 0 unspecified atom stereocenters. The van der Waals surface area contributed by atoms with Gasteiger partial charge in [-0.2, -0.15) is 0 Å². The number of para-hydroxylation sites is 2. The van der Waals surface area contributed by atoms with E-state index in [1.165, 1.54) is 0 Å². The molecule has 1 aromatic heterocycles. The Balaban J connectivity index is 1.71. The van der Waals surface area contributed by atoms with E-state index in [9.17, 15) is 5.11 Å². The van der Waals surface area contributed by atoms with Gasteiger partial charge >= 0.3 is 0 Å². The van der Waals surface area contributed by atoms with Crippen LogP contribution in [0, 0.1) is 6.92 Å². The molecule has 0 amide bonds. The summed E-state index contributed by atoms with van der Waals surface area (Å²) >= 11 is 6.03. The van der Waals surface area contributed by atoms with Gasteiger partial charge in [-0.3, -0.25) is 0 Å². The lowest BCUT2D eigenvalue weighted by molar-refractivity contribution is 0.0927. The molecule has 1 heterocycles. The summed E-state index contributed by atoms with van der Waals surface area (Å²) in [6, 6.07) is 13.5. The Morgan fingerprint density at radius 2 is 2.04 bits per heavy atom. The number of aliphatic hydroxyl groups is 1. The van der Waals surface area contributed by atoms with Gasteiger partial charge in [-0.15, -0.1) is 0 Å². The Bertz CT molecular complexity index is 860.